The number of hydrogen-bond donors (Lipinski definition) is 2. The number of nitrogens with zero attached hydrogens (tertiary/aromatic N) is 1. The molecule has 1 heterocycles. The van der Waals surface area contributed by atoms with Gasteiger partial charge in [-0.05, 0) is 12.8 Å². The van der Waals surface area contributed by atoms with E-state index in [4.69, 9.17) is 4.52 Å². The van der Waals surface area contributed by atoms with E-state index in [1.807, 2.05) is 0 Å². The van der Waals surface area contributed by atoms with Crippen molar-refractivity contribution >= 4 is 0 Å². The lowest BCUT2D eigenvalue weighted by Crippen LogP contribution is -2.41. The molecular weight excluding hydrogens is 180 g/mol. The molecule has 0 aliphatic heterocycles. The molecule has 1 saturated carbocycles. The molecule has 2 rings (SSSR count). The molecule has 0 amide bonds. The van der Waals surface area contributed by atoms with Gasteiger partial charge in [0.25, 0.3) is 0 Å². The van der Waals surface area contributed by atoms with Crippen LogP contribution in [0.15, 0.2) is 17.0 Å². The van der Waals surface area contributed by atoms with Crippen LogP contribution >= 0.6 is 0 Å². The van der Waals surface area contributed by atoms with Gasteiger partial charge < -0.3 is 14.9 Å². The van der Waals surface area contributed by atoms with E-state index in [0.29, 0.717) is 0 Å². The third-order valence-corrected chi connectivity index (χ3v) is 2.78. The van der Waals surface area contributed by atoms with Gasteiger partial charge in [-0.2, -0.15) is 0 Å². The minimum Gasteiger partial charge on any atom is -0.392 e. The van der Waals surface area contributed by atoms with E-state index in [-0.39, 0.29) is 12.1 Å². The standard InChI is InChI=1S/C10H16N2O2/c13-10-4-2-1-3-9(10)11-5-8-6-12-14-7-8/h6-7,9-11,13H,1-5H2. The summed E-state index contributed by atoms with van der Waals surface area (Å²) in [7, 11) is 0. The highest BCUT2D eigenvalue weighted by Crippen LogP contribution is 2.18. The van der Waals surface area contributed by atoms with Gasteiger partial charge >= 0.3 is 0 Å². The molecular formula is C10H16N2O2. The lowest BCUT2D eigenvalue weighted by atomic mass is 9.92. The lowest BCUT2D eigenvalue weighted by Gasteiger charge is -2.28. The number of hydrogen-bond acceptors (Lipinski definition) is 4. The molecule has 78 valence electrons. The molecule has 0 bridgehead atoms. The fourth-order valence-electron chi connectivity index (χ4n) is 1.91. The second-order valence-corrected chi connectivity index (χ2v) is 3.87. The molecule has 1 fully saturated rings. The van der Waals surface area contributed by atoms with E-state index in [0.717, 1.165) is 31.4 Å². The van der Waals surface area contributed by atoms with Crippen molar-refractivity contribution in [1.82, 2.24) is 10.5 Å². The second kappa shape index (κ2) is 4.57. The summed E-state index contributed by atoms with van der Waals surface area (Å²) >= 11 is 0. The third-order valence-electron chi connectivity index (χ3n) is 2.78. The van der Waals surface area contributed by atoms with E-state index >= 15 is 0 Å². The van der Waals surface area contributed by atoms with Crippen LogP contribution in [0, 0.1) is 0 Å². The molecule has 0 spiro atoms. The van der Waals surface area contributed by atoms with Gasteiger partial charge in [-0.3, -0.25) is 0 Å². The van der Waals surface area contributed by atoms with Crippen LogP contribution in [0.4, 0.5) is 0 Å². The van der Waals surface area contributed by atoms with E-state index in [9.17, 15) is 5.11 Å². The van der Waals surface area contributed by atoms with Gasteiger partial charge in [0.15, 0.2) is 0 Å². The Morgan fingerprint density at radius 1 is 1.50 bits per heavy atom. The zero-order valence-corrected chi connectivity index (χ0v) is 8.15. The molecule has 0 saturated heterocycles. The average molecular weight is 196 g/mol. The Morgan fingerprint density at radius 3 is 3.07 bits per heavy atom. The first-order valence-electron chi connectivity index (χ1n) is 5.16. The first-order chi connectivity index (χ1) is 6.86. The van der Waals surface area contributed by atoms with Crippen molar-refractivity contribution in [2.24, 2.45) is 0 Å². The van der Waals surface area contributed by atoms with Crippen molar-refractivity contribution < 1.29 is 9.63 Å². The predicted molar refractivity (Wildman–Crippen MR) is 51.6 cm³/mol. The maximum Gasteiger partial charge on any atom is 0.128 e. The van der Waals surface area contributed by atoms with Crippen LogP contribution in [0.1, 0.15) is 31.2 Å². The summed E-state index contributed by atoms with van der Waals surface area (Å²) in [5, 5.41) is 16.6. The summed E-state index contributed by atoms with van der Waals surface area (Å²) in [5.41, 5.74) is 1.03. The summed E-state index contributed by atoms with van der Waals surface area (Å²) in [6, 6.07) is 0.235. The van der Waals surface area contributed by atoms with Crippen molar-refractivity contribution in [3.63, 3.8) is 0 Å². The maximum absolute atomic E-state index is 9.70. The molecule has 2 atom stereocenters. The second-order valence-electron chi connectivity index (χ2n) is 3.87. The van der Waals surface area contributed by atoms with Gasteiger partial charge in [0.2, 0.25) is 0 Å². The highest BCUT2D eigenvalue weighted by atomic mass is 16.5. The Balaban J connectivity index is 1.79. The number of aromatic nitrogens is 1. The normalized spacial score (nSPS) is 27.8. The van der Waals surface area contributed by atoms with E-state index in [1.54, 1.807) is 12.5 Å². The summed E-state index contributed by atoms with van der Waals surface area (Å²) in [5.74, 6) is 0. The largest absolute Gasteiger partial charge is 0.392 e. The summed E-state index contributed by atoms with van der Waals surface area (Å²) in [6.07, 6.45) is 7.46. The van der Waals surface area contributed by atoms with Crippen LogP contribution in [-0.4, -0.2) is 22.4 Å². The molecule has 2 unspecified atom stereocenters. The van der Waals surface area contributed by atoms with Crippen LogP contribution < -0.4 is 5.32 Å². The van der Waals surface area contributed by atoms with Crippen molar-refractivity contribution in [2.45, 2.75) is 44.4 Å². The van der Waals surface area contributed by atoms with Gasteiger partial charge in [-0.1, -0.05) is 18.0 Å². The summed E-state index contributed by atoms with van der Waals surface area (Å²) in [6.45, 7) is 0.727. The van der Waals surface area contributed by atoms with E-state index in [1.165, 1.54) is 6.42 Å². The molecule has 4 heteroatoms. The van der Waals surface area contributed by atoms with Gasteiger partial charge in [0.05, 0.1) is 12.3 Å². The first-order valence-corrected chi connectivity index (χ1v) is 5.16. The molecule has 1 aromatic heterocycles. The predicted octanol–water partition coefficient (Wildman–Crippen LogP) is 1.07. The minimum atomic E-state index is -0.191. The zero-order chi connectivity index (χ0) is 9.80. The Kier molecular flexibility index (Phi) is 3.16. The molecule has 2 N–H and O–H groups in total. The van der Waals surface area contributed by atoms with E-state index < -0.39 is 0 Å². The highest BCUT2D eigenvalue weighted by molar-refractivity contribution is 5.00. The Bertz CT molecular complexity index is 261. The average Bonchev–Trinajstić information content (AvgIpc) is 2.69. The zero-order valence-electron chi connectivity index (χ0n) is 8.15. The molecule has 1 aliphatic carbocycles. The number of rotatable bonds is 3. The van der Waals surface area contributed by atoms with E-state index in [2.05, 4.69) is 10.5 Å². The fourth-order valence-corrected chi connectivity index (χ4v) is 1.91. The molecule has 1 aliphatic rings. The van der Waals surface area contributed by atoms with Gasteiger partial charge in [-0.15, -0.1) is 0 Å². The quantitative estimate of drug-likeness (QED) is 0.759. The smallest absolute Gasteiger partial charge is 0.128 e. The topological polar surface area (TPSA) is 58.3 Å². The SMILES string of the molecule is OC1CCCCC1NCc1cnoc1. The summed E-state index contributed by atoms with van der Waals surface area (Å²) < 4.78 is 4.73. The lowest BCUT2D eigenvalue weighted by molar-refractivity contribution is 0.0902. The number of aliphatic hydroxyl groups excluding tert-OH is 1. The third kappa shape index (κ3) is 2.33. The van der Waals surface area contributed by atoms with Crippen LogP contribution in [0.2, 0.25) is 0 Å². The summed E-state index contributed by atoms with van der Waals surface area (Å²) in [4.78, 5) is 0. The molecule has 0 aromatic carbocycles. The van der Waals surface area contributed by atoms with Gasteiger partial charge in [0.1, 0.15) is 6.26 Å². The van der Waals surface area contributed by atoms with Crippen molar-refractivity contribution in [3.05, 3.63) is 18.0 Å². The van der Waals surface area contributed by atoms with Crippen LogP contribution in [0.25, 0.3) is 0 Å². The molecule has 0 radical (unpaired) electrons. The fraction of sp³-hybridized carbons (Fsp3) is 0.700. The molecule has 4 nitrogen and oxygen atoms in total. The van der Waals surface area contributed by atoms with Crippen molar-refractivity contribution in [1.29, 1.82) is 0 Å². The van der Waals surface area contributed by atoms with Gasteiger partial charge in [-0.25, -0.2) is 0 Å². The van der Waals surface area contributed by atoms with Gasteiger partial charge in [0, 0.05) is 18.2 Å². The Labute approximate surface area is 83.3 Å². The highest BCUT2D eigenvalue weighted by Gasteiger charge is 2.22. The Hall–Kier alpha value is -0.870. The van der Waals surface area contributed by atoms with Crippen molar-refractivity contribution in [2.75, 3.05) is 0 Å². The van der Waals surface area contributed by atoms with Crippen molar-refractivity contribution in [3.8, 4) is 0 Å². The molecule has 1 aromatic rings. The Morgan fingerprint density at radius 2 is 2.36 bits per heavy atom. The minimum absolute atomic E-state index is 0.191. The maximum atomic E-state index is 9.70. The first kappa shape index (κ1) is 9.68. The van der Waals surface area contributed by atoms with Crippen LogP contribution in [-0.2, 0) is 6.54 Å². The van der Waals surface area contributed by atoms with Crippen LogP contribution in [0.3, 0.4) is 0 Å². The molecule has 14 heavy (non-hydrogen) atoms. The monoisotopic (exact) mass is 196 g/mol. The van der Waals surface area contributed by atoms with Crippen LogP contribution in [0.5, 0.6) is 0 Å². The number of nitrogens with one attached hydrogen (secondary N) is 1. The number of aliphatic hydroxyl groups is 1.